The summed E-state index contributed by atoms with van der Waals surface area (Å²) >= 11 is 0. The van der Waals surface area contributed by atoms with Crippen molar-refractivity contribution < 1.29 is 13.6 Å². The molecule has 1 N–H and O–H groups in total. The molecule has 2 heterocycles. The molecule has 0 fully saturated rings. The molecule has 0 spiro atoms. The van der Waals surface area contributed by atoms with Gasteiger partial charge in [0.1, 0.15) is 5.76 Å². The van der Waals surface area contributed by atoms with Gasteiger partial charge in [0.2, 0.25) is 0 Å². The number of furan rings is 1. The number of nitrogens with one attached hydrogen (secondary N) is 1. The Labute approximate surface area is 110 Å². The van der Waals surface area contributed by atoms with Gasteiger partial charge in [-0.1, -0.05) is 0 Å². The van der Waals surface area contributed by atoms with Crippen LogP contribution < -0.4 is 5.32 Å². The Morgan fingerprint density at radius 3 is 3.05 bits per heavy atom. The molecule has 2 aromatic heterocycles. The summed E-state index contributed by atoms with van der Waals surface area (Å²) < 4.78 is 18.6. The quantitative estimate of drug-likeness (QED) is 0.901. The average molecular weight is 262 g/mol. The Morgan fingerprint density at radius 1 is 1.53 bits per heavy atom. The van der Waals surface area contributed by atoms with Crippen LogP contribution in [-0.2, 0) is 6.42 Å². The first-order chi connectivity index (χ1) is 9.16. The van der Waals surface area contributed by atoms with Gasteiger partial charge >= 0.3 is 0 Å². The van der Waals surface area contributed by atoms with Crippen LogP contribution in [0.2, 0.25) is 0 Å². The fourth-order valence-electron chi connectivity index (χ4n) is 1.75. The van der Waals surface area contributed by atoms with Crippen molar-refractivity contribution in [2.75, 3.05) is 0 Å². The van der Waals surface area contributed by atoms with Crippen molar-refractivity contribution in [3.63, 3.8) is 0 Å². The van der Waals surface area contributed by atoms with Gasteiger partial charge in [0.25, 0.3) is 5.91 Å². The number of aryl methyl sites for hydroxylation is 1. The summed E-state index contributed by atoms with van der Waals surface area (Å²) in [5.41, 5.74) is 0.0137. The van der Waals surface area contributed by atoms with E-state index < -0.39 is 11.7 Å². The van der Waals surface area contributed by atoms with E-state index >= 15 is 0 Å². The van der Waals surface area contributed by atoms with Crippen LogP contribution in [0.4, 0.5) is 4.39 Å². The largest absolute Gasteiger partial charge is 0.469 e. The van der Waals surface area contributed by atoms with E-state index in [0.717, 1.165) is 24.8 Å². The molecule has 0 bridgehead atoms. The summed E-state index contributed by atoms with van der Waals surface area (Å²) in [4.78, 5) is 15.4. The predicted octanol–water partition coefficient (Wildman–Crippen LogP) is 2.56. The maximum atomic E-state index is 13.4. The minimum absolute atomic E-state index is 0.0137. The third-order valence-corrected chi connectivity index (χ3v) is 2.80. The summed E-state index contributed by atoms with van der Waals surface area (Å²) in [6, 6.07) is 5.01. The van der Waals surface area contributed by atoms with E-state index in [0.29, 0.717) is 0 Å². The van der Waals surface area contributed by atoms with Gasteiger partial charge in [0.05, 0.1) is 18.0 Å². The SMILES string of the molecule is CC(CCc1ccco1)NC(=O)c1ccncc1F. The Kier molecular flexibility index (Phi) is 4.28. The van der Waals surface area contributed by atoms with Gasteiger partial charge < -0.3 is 9.73 Å². The molecular weight excluding hydrogens is 247 g/mol. The monoisotopic (exact) mass is 262 g/mol. The van der Waals surface area contributed by atoms with Crippen molar-refractivity contribution in [3.8, 4) is 0 Å². The molecule has 0 saturated heterocycles. The van der Waals surface area contributed by atoms with Gasteiger partial charge in [0, 0.05) is 18.7 Å². The fourth-order valence-corrected chi connectivity index (χ4v) is 1.75. The Morgan fingerprint density at radius 2 is 2.37 bits per heavy atom. The van der Waals surface area contributed by atoms with E-state index in [2.05, 4.69) is 10.3 Å². The first-order valence-corrected chi connectivity index (χ1v) is 6.09. The number of hydrogen-bond donors (Lipinski definition) is 1. The van der Waals surface area contributed by atoms with E-state index in [1.807, 2.05) is 19.1 Å². The standard InChI is InChI=1S/C14H15FN2O2/c1-10(4-5-11-3-2-8-19-11)17-14(18)12-6-7-16-9-13(12)15/h2-3,6-10H,4-5H2,1H3,(H,17,18). The van der Waals surface area contributed by atoms with Gasteiger partial charge in [-0.25, -0.2) is 4.39 Å². The number of carbonyl (C=O) groups is 1. The van der Waals surface area contributed by atoms with E-state index in [4.69, 9.17) is 4.42 Å². The van der Waals surface area contributed by atoms with Crippen LogP contribution in [0.5, 0.6) is 0 Å². The maximum Gasteiger partial charge on any atom is 0.254 e. The average Bonchev–Trinajstić information content (AvgIpc) is 2.90. The van der Waals surface area contributed by atoms with Crippen LogP contribution in [-0.4, -0.2) is 16.9 Å². The van der Waals surface area contributed by atoms with Crippen LogP contribution >= 0.6 is 0 Å². The highest BCUT2D eigenvalue weighted by molar-refractivity contribution is 5.94. The van der Waals surface area contributed by atoms with Crippen LogP contribution in [0.25, 0.3) is 0 Å². The second-order valence-electron chi connectivity index (χ2n) is 4.35. The first kappa shape index (κ1) is 13.3. The van der Waals surface area contributed by atoms with Crippen molar-refractivity contribution in [2.24, 2.45) is 0 Å². The van der Waals surface area contributed by atoms with Crippen LogP contribution in [0.15, 0.2) is 41.3 Å². The van der Waals surface area contributed by atoms with Crippen LogP contribution in [0.1, 0.15) is 29.5 Å². The molecule has 1 amide bonds. The molecule has 4 nitrogen and oxygen atoms in total. The van der Waals surface area contributed by atoms with Crippen molar-refractivity contribution in [1.82, 2.24) is 10.3 Å². The molecule has 1 atom stereocenters. The molecule has 2 rings (SSSR count). The molecule has 100 valence electrons. The molecule has 0 aliphatic heterocycles. The van der Waals surface area contributed by atoms with E-state index in [1.54, 1.807) is 6.26 Å². The fraction of sp³-hybridized carbons (Fsp3) is 0.286. The van der Waals surface area contributed by atoms with Gasteiger partial charge in [-0.05, 0) is 31.5 Å². The maximum absolute atomic E-state index is 13.4. The molecular formula is C14H15FN2O2. The van der Waals surface area contributed by atoms with E-state index in [-0.39, 0.29) is 11.6 Å². The van der Waals surface area contributed by atoms with Crippen molar-refractivity contribution in [2.45, 2.75) is 25.8 Å². The van der Waals surface area contributed by atoms with E-state index in [9.17, 15) is 9.18 Å². The number of nitrogens with zero attached hydrogens (tertiary/aromatic N) is 1. The van der Waals surface area contributed by atoms with Crippen LogP contribution in [0, 0.1) is 5.82 Å². The van der Waals surface area contributed by atoms with Crippen molar-refractivity contribution >= 4 is 5.91 Å². The molecule has 2 aromatic rings. The summed E-state index contributed by atoms with van der Waals surface area (Å²) in [5, 5.41) is 2.75. The second kappa shape index (κ2) is 6.13. The molecule has 0 aliphatic carbocycles. The summed E-state index contributed by atoms with van der Waals surface area (Å²) in [6.07, 6.45) is 5.50. The van der Waals surface area contributed by atoms with Gasteiger partial charge in [-0.15, -0.1) is 0 Å². The number of pyridine rings is 1. The van der Waals surface area contributed by atoms with Gasteiger partial charge in [0.15, 0.2) is 5.82 Å². The van der Waals surface area contributed by atoms with Gasteiger partial charge in [-0.3, -0.25) is 9.78 Å². The van der Waals surface area contributed by atoms with Crippen LogP contribution in [0.3, 0.4) is 0 Å². The molecule has 0 aromatic carbocycles. The number of rotatable bonds is 5. The Balaban J connectivity index is 1.87. The Hall–Kier alpha value is -2.17. The van der Waals surface area contributed by atoms with Gasteiger partial charge in [-0.2, -0.15) is 0 Å². The zero-order chi connectivity index (χ0) is 13.7. The lowest BCUT2D eigenvalue weighted by Crippen LogP contribution is -2.33. The highest BCUT2D eigenvalue weighted by Gasteiger charge is 2.14. The minimum atomic E-state index is -0.613. The molecule has 0 aliphatic rings. The second-order valence-corrected chi connectivity index (χ2v) is 4.35. The van der Waals surface area contributed by atoms with Crippen molar-refractivity contribution in [1.29, 1.82) is 0 Å². The van der Waals surface area contributed by atoms with E-state index in [1.165, 1.54) is 12.3 Å². The highest BCUT2D eigenvalue weighted by Crippen LogP contribution is 2.08. The normalized spacial score (nSPS) is 12.1. The third kappa shape index (κ3) is 3.64. The van der Waals surface area contributed by atoms with Crippen molar-refractivity contribution in [3.05, 3.63) is 54.0 Å². The number of carbonyl (C=O) groups excluding carboxylic acids is 1. The lowest BCUT2D eigenvalue weighted by molar-refractivity contribution is 0.0934. The molecule has 5 heteroatoms. The highest BCUT2D eigenvalue weighted by atomic mass is 19.1. The number of halogens is 1. The molecule has 19 heavy (non-hydrogen) atoms. The molecule has 1 unspecified atom stereocenters. The predicted molar refractivity (Wildman–Crippen MR) is 68.2 cm³/mol. The zero-order valence-electron chi connectivity index (χ0n) is 10.6. The topological polar surface area (TPSA) is 55.1 Å². The number of aromatic nitrogens is 1. The molecule has 0 radical (unpaired) electrons. The summed E-state index contributed by atoms with van der Waals surface area (Å²) in [5.74, 6) is -0.165. The minimum Gasteiger partial charge on any atom is -0.469 e. The zero-order valence-corrected chi connectivity index (χ0v) is 10.6. The lowest BCUT2D eigenvalue weighted by Gasteiger charge is -2.13. The first-order valence-electron chi connectivity index (χ1n) is 6.09. The lowest BCUT2D eigenvalue weighted by atomic mass is 10.1. The smallest absolute Gasteiger partial charge is 0.254 e. The molecule has 0 saturated carbocycles. The number of hydrogen-bond acceptors (Lipinski definition) is 3. The Bertz CT molecular complexity index is 540. The summed E-state index contributed by atoms with van der Waals surface area (Å²) in [6.45, 7) is 1.87. The number of amides is 1. The summed E-state index contributed by atoms with van der Waals surface area (Å²) in [7, 11) is 0. The third-order valence-electron chi connectivity index (χ3n) is 2.80.